The van der Waals surface area contributed by atoms with Gasteiger partial charge < -0.3 is 9.26 Å². The number of aromatic nitrogens is 1. The van der Waals surface area contributed by atoms with Crippen LogP contribution >= 0.6 is 0 Å². The molecule has 22 heavy (non-hydrogen) atoms. The van der Waals surface area contributed by atoms with Crippen LogP contribution in [0, 0.1) is 13.8 Å². The lowest BCUT2D eigenvalue weighted by Crippen LogP contribution is -2.19. The minimum atomic E-state index is -3.61. The minimum Gasteiger partial charge on any atom is -0.457 e. The molecule has 0 bridgehead atoms. The van der Waals surface area contributed by atoms with Gasteiger partial charge in [0.25, 0.3) is 0 Å². The van der Waals surface area contributed by atoms with E-state index in [0.29, 0.717) is 17.0 Å². The molecule has 0 fully saturated rings. The van der Waals surface area contributed by atoms with E-state index < -0.39 is 16.0 Å². The molecule has 0 aliphatic rings. The van der Waals surface area contributed by atoms with Crippen molar-refractivity contribution in [2.24, 2.45) is 0 Å². The largest absolute Gasteiger partial charge is 0.457 e. The van der Waals surface area contributed by atoms with E-state index in [2.05, 4.69) is 9.88 Å². The van der Waals surface area contributed by atoms with Crippen LogP contribution in [0.5, 0.6) is 0 Å². The molecule has 0 aliphatic heterocycles. The van der Waals surface area contributed by atoms with E-state index in [1.165, 1.54) is 31.3 Å². The van der Waals surface area contributed by atoms with Gasteiger partial charge >= 0.3 is 5.97 Å². The first-order valence-corrected chi connectivity index (χ1v) is 7.96. The van der Waals surface area contributed by atoms with Crippen LogP contribution in [0.4, 0.5) is 0 Å². The van der Waals surface area contributed by atoms with Crippen molar-refractivity contribution in [1.29, 1.82) is 0 Å². The van der Waals surface area contributed by atoms with Crippen LogP contribution in [0.15, 0.2) is 33.7 Å². The monoisotopic (exact) mass is 324 g/mol. The van der Waals surface area contributed by atoms with Crippen LogP contribution in [-0.4, -0.2) is 26.6 Å². The fraction of sp³-hybridized carbons (Fsp3) is 0.286. The normalized spacial score (nSPS) is 11.4. The maximum Gasteiger partial charge on any atom is 0.338 e. The first-order chi connectivity index (χ1) is 10.3. The van der Waals surface area contributed by atoms with Crippen molar-refractivity contribution in [3.63, 3.8) is 0 Å². The molecule has 7 nitrogen and oxygen atoms in total. The quantitative estimate of drug-likeness (QED) is 0.838. The first-order valence-electron chi connectivity index (χ1n) is 6.47. The lowest BCUT2D eigenvalue weighted by Gasteiger charge is -2.07. The van der Waals surface area contributed by atoms with Crippen molar-refractivity contribution in [3.05, 3.63) is 46.8 Å². The third kappa shape index (κ3) is 3.34. The molecule has 0 saturated heterocycles. The van der Waals surface area contributed by atoms with E-state index >= 15 is 0 Å². The zero-order chi connectivity index (χ0) is 16.3. The molecule has 0 radical (unpaired) electrons. The molecule has 2 aromatic rings. The summed E-state index contributed by atoms with van der Waals surface area (Å²) in [5.41, 5.74) is 1.51. The average Bonchev–Trinajstić information content (AvgIpc) is 2.83. The number of aryl methyl sites for hydroxylation is 2. The topological polar surface area (TPSA) is 98.5 Å². The summed E-state index contributed by atoms with van der Waals surface area (Å²) in [7, 11) is -2.31. The highest BCUT2D eigenvalue weighted by Gasteiger charge is 2.16. The Kier molecular flexibility index (Phi) is 4.62. The van der Waals surface area contributed by atoms with Crippen LogP contribution in [-0.2, 0) is 21.4 Å². The number of hydrogen-bond acceptors (Lipinski definition) is 6. The fourth-order valence-electron chi connectivity index (χ4n) is 1.84. The summed E-state index contributed by atoms with van der Waals surface area (Å²) < 4.78 is 35.8. The molecule has 118 valence electrons. The molecule has 0 amide bonds. The highest BCUT2D eigenvalue weighted by molar-refractivity contribution is 7.89. The van der Waals surface area contributed by atoms with Crippen LogP contribution in [0.1, 0.15) is 27.4 Å². The van der Waals surface area contributed by atoms with Crippen LogP contribution < -0.4 is 4.72 Å². The second-order valence-corrected chi connectivity index (χ2v) is 6.50. The molecule has 1 aromatic carbocycles. The Morgan fingerprint density at radius 2 is 2.09 bits per heavy atom. The van der Waals surface area contributed by atoms with Gasteiger partial charge in [0.2, 0.25) is 10.0 Å². The van der Waals surface area contributed by atoms with Crippen molar-refractivity contribution >= 4 is 16.0 Å². The van der Waals surface area contributed by atoms with E-state index in [0.717, 1.165) is 0 Å². The lowest BCUT2D eigenvalue weighted by atomic mass is 10.2. The number of rotatable bonds is 5. The second kappa shape index (κ2) is 6.29. The summed E-state index contributed by atoms with van der Waals surface area (Å²) in [6.07, 6.45) is 0. The van der Waals surface area contributed by atoms with Gasteiger partial charge in [-0.25, -0.2) is 17.9 Å². The van der Waals surface area contributed by atoms with Crippen LogP contribution in [0.25, 0.3) is 0 Å². The van der Waals surface area contributed by atoms with Gasteiger partial charge in [0.1, 0.15) is 12.4 Å². The van der Waals surface area contributed by atoms with Crippen molar-refractivity contribution in [2.75, 3.05) is 7.05 Å². The zero-order valence-corrected chi connectivity index (χ0v) is 13.2. The Bertz CT molecular complexity index is 776. The molecule has 0 atom stereocenters. The molecule has 0 aliphatic carbocycles. The molecule has 1 aromatic heterocycles. The predicted octanol–water partition coefficient (Wildman–Crippen LogP) is 1.56. The summed E-state index contributed by atoms with van der Waals surface area (Å²) in [5, 5.41) is 3.77. The predicted molar refractivity (Wildman–Crippen MR) is 77.8 cm³/mol. The second-order valence-electron chi connectivity index (χ2n) is 4.61. The molecular weight excluding hydrogens is 308 g/mol. The maximum atomic E-state index is 12.0. The van der Waals surface area contributed by atoms with Crippen LogP contribution in [0.2, 0.25) is 0 Å². The Labute approximate surface area is 128 Å². The number of carbonyl (C=O) groups excluding carboxylic acids is 1. The molecule has 0 saturated carbocycles. The average molecular weight is 324 g/mol. The Hall–Kier alpha value is -2.19. The van der Waals surface area contributed by atoms with Crippen molar-refractivity contribution < 1.29 is 22.5 Å². The minimum absolute atomic E-state index is 0.00166. The molecule has 0 spiro atoms. The Balaban J connectivity index is 2.15. The number of nitrogens with one attached hydrogen (secondary N) is 1. The number of sulfonamides is 1. The highest BCUT2D eigenvalue weighted by atomic mass is 32.2. The number of ether oxygens (including phenoxy) is 1. The third-order valence-electron chi connectivity index (χ3n) is 3.18. The van der Waals surface area contributed by atoms with Gasteiger partial charge in [0, 0.05) is 0 Å². The maximum absolute atomic E-state index is 12.0. The third-order valence-corrected chi connectivity index (χ3v) is 4.59. The molecule has 1 heterocycles. The number of hydrogen-bond donors (Lipinski definition) is 1. The van der Waals surface area contributed by atoms with E-state index in [4.69, 9.17) is 9.26 Å². The summed E-state index contributed by atoms with van der Waals surface area (Å²) in [6, 6.07) is 5.64. The zero-order valence-electron chi connectivity index (χ0n) is 12.4. The summed E-state index contributed by atoms with van der Waals surface area (Å²) in [4.78, 5) is 12.0. The SMILES string of the molecule is CNS(=O)(=O)c1cccc(C(=O)OCc2c(C)noc2C)c1. The number of benzene rings is 1. The number of esters is 1. The Morgan fingerprint density at radius 3 is 2.68 bits per heavy atom. The molecule has 2 rings (SSSR count). The molecule has 8 heteroatoms. The Morgan fingerprint density at radius 1 is 1.36 bits per heavy atom. The fourth-order valence-corrected chi connectivity index (χ4v) is 2.61. The van der Waals surface area contributed by atoms with Crippen molar-refractivity contribution in [2.45, 2.75) is 25.3 Å². The molecule has 0 unspecified atom stereocenters. The van der Waals surface area contributed by atoms with Gasteiger partial charge in [-0.1, -0.05) is 11.2 Å². The van der Waals surface area contributed by atoms with Gasteiger partial charge in [-0.15, -0.1) is 0 Å². The van der Waals surface area contributed by atoms with Gasteiger partial charge in [0.15, 0.2) is 0 Å². The summed E-state index contributed by atoms with van der Waals surface area (Å²) >= 11 is 0. The smallest absolute Gasteiger partial charge is 0.338 e. The van der Waals surface area contributed by atoms with E-state index in [-0.39, 0.29) is 17.1 Å². The molecular formula is C14H16N2O5S. The highest BCUT2D eigenvalue weighted by Crippen LogP contribution is 2.16. The van der Waals surface area contributed by atoms with Crippen molar-refractivity contribution in [1.82, 2.24) is 9.88 Å². The summed E-state index contributed by atoms with van der Waals surface area (Å²) in [6.45, 7) is 3.49. The number of nitrogens with zero attached hydrogens (tertiary/aromatic N) is 1. The van der Waals surface area contributed by atoms with Crippen LogP contribution in [0.3, 0.4) is 0 Å². The first kappa shape index (κ1) is 16.2. The van der Waals surface area contributed by atoms with E-state index in [1.54, 1.807) is 13.8 Å². The van der Waals surface area contributed by atoms with Gasteiger partial charge in [-0.3, -0.25) is 0 Å². The summed E-state index contributed by atoms with van der Waals surface area (Å²) in [5.74, 6) is -0.0371. The van der Waals surface area contributed by atoms with Gasteiger partial charge in [-0.05, 0) is 39.1 Å². The van der Waals surface area contributed by atoms with Crippen molar-refractivity contribution in [3.8, 4) is 0 Å². The molecule has 1 N–H and O–H groups in total. The lowest BCUT2D eigenvalue weighted by molar-refractivity contribution is 0.0470. The standard InChI is InChI=1S/C14H16N2O5S/c1-9-13(10(2)21-16-9)8-20-14(17)11-5-4-6-12(7-11)22(18,19)15-3/h4-7,15H,8H2,1-3H3. The number of carbonyl (C=O) groups is 1. The van der Waals surface area contributed by atoms with E-state index in [1.807, 2.05) is 0 Å². The van der Waals surface area contributed by atoms with Gasteiger partial charge in [0.05, 0.1) is 21.7 Å². The van der Waals surface area contributed by atoms with E-state index in [9.17, 15) is 13.2 Å². The van der Waals surface area contributed by atoms with Gasteiger partial charge in [-0.2, -0.15) is 0 Å².